The molecule has 4 atom stereocenters. The molecule has 7 rings (SSSR count). The van der Waals surface area contributed by atoms with Gasteiger partial charge in [0.15, 0.2) is 11.6 Å². The Kier molecular flexibility index (Phi) is 5.33. The maximum Gasteiger partial charge on any atom is 0.270 e. The highest BCUT2D eigenvalue weighted by Crippen LogP contribution is 2.62. The summed E-state index contributed by atoms with van der Waals surface area (Å²) in [5.41, 5.74) is 1.30. The van der Waals surface area contributed by atoms with Gasteiger partial charge in [-0.05, 0) is 40.3 Å². The Labute approximate surface area is 232 Å². The molecule has 0 saturated carbocycles. The van der Waals surface area contributed by atoms with E-state index in [1.54, 1.807) is 29.8 Å². The van der Waals surface area contributed by atoms with Crippen LogP contribution in [0.15, 0.2) is 96.5 Å². The fourth-order valence-corrected chi connectivity index (χ4v) is 7.38. The Morgan fingerprint density at radius 3 is 2.55 bits per heavy atom. The number of para-hydroxylation sites is 1. The Morgan fingerprint density at radius 1 is 0.950 bits per heavy atom. The van der Waals surface area contributed by atoms with Crippen LogP contribution in [0.5, 0.6) is 0 Å². The Hall–Kier alpha value is -4.89. The maximum atomic E-state index is 14.7. The molecule has 196 valence electrons. The predicted molar refractivity (Wildman–Crippen MR) is 150 cm³/mol. The molecule has 0 unspecified atom stereocenters. The number of hydrogen-bond acceptors (Lipinski definition) is 7. The van der Waals surface area contributed by atoms with Crippen LogP contribution in [0, 0.1) is 16.0 Å². The molecule has 1 N–H and O–H groups in total. The van der Waals surface area contributed by atoms with Crippen LogP contribution in [0.1, 0.15) is 42.8 Å². The lowest BCUT2D eigenvalue weighted by molar-refractivity contribution is -0.384. The molecular weight excluding hydrogens is 526 g/mol. The second-order valence-electron chi connectivity index (χ2n) is 10.1. The van der Waals surface area contributed by atoms with Gasteiger partial charge in [0.25, 0.3) is 5.69 Å². The van der Waals surface area contributed by atoms with Crippen LogP contribution in [0.3, 0.4) is 0 Å². The highest BCUT2D eigenvalue weighted by Gasteiger charge is 2.70. The number of fused-ring (bicyclic) bond motifs is 6. The quantitative estimate of drug-likeness (QED) is 0.197. The van der Waals surface area contributed by atoms with Crippen molar-refractivity contribution in [2.45, 2.75) is 17.5 Å². The summed E-state index contributed by atoms with van der Waals surface area (Å²) in [4.78, 5) is 56.7. The number of non-ortho nitro benzene ring substituents is 1. The van der Waals surface area contributed by atoms with Crippen molar-refractivity contribution in [1.29, 1.82) is 0 Å². The third kappa shape index (κ3) is 3.21. The molecule has 4 heterocycles. The number of rotatable bonds is 5. The largest absolute Gasteiger partial charge is 0.358 e. The third-order valence-electron chi connectivity index (χ3n) is 8.23. The number of amides is 1. The number of carbonyl (C=O) groups excluding carboxylic acids is 3. The smallest absolute Gasteiger partial charge is 0.270 e. The van der Waals surface area contributed by atoms with E-state index in [2.05, 4.69) is 5.32 Å². The van der Waals surface area contributed by atoms with E-state index in [1.807, 2.05) is 53.4 Å². The van der Waals surface area contributed by atoms with Crippen LogP contribution < -0.4 is 5.32 Å². The number of ketones is 2. The molecule has 0 radical (unpaired) electrons. The second-order valence-corrected chi connectivity index (χ2v) is 11.0. The van der Waals surface area contributed by atoms with E-state index in [9.17, 15) is 24.5 Å². The van der Waals surface area contributed by atoms with Gasteiger partial charge >= 0.3 is 0 Å². The molecule has 4 aromatic rings. The number of hydrogen-bond donors (Lipinski definition) is 1. The first-order valence-corrected chi connectivity index (χ1v) is 13.6. The molecular formula is C31H21N3O5S. The molecule has 0 bridgehead atoms. The average molecular weight is 548 g/mol. The number of nitro groups is 1. The van der Waals surface area contributed by atoms with Crippen molar-refractivity contribution in [2.24, 2.45) is 5.92 Å². The van der Waals surface area contributed by atoms with E-state index in [1.165, 1.54) is 35.6 Å². The predicted octanol–water partition coefficient (Wildman–Crippen LogP) is 5.64. The van der Waals surface area contributed by atoms with Crippen LogP contribution in [-0.4, -0.2) is 33.3 Å². The number of nitrogens with zero attached hydrogens (tertiary/aromatic N) is 2. The molecule has 3 aromatic carbocycles. The SMILES string of the molecule is O=C(c1cccc([N+](=O)[O-])c1)[C@@H]1[C@H](C(=O)c2cccs2)N2C=Cc3ccccc3[C@H]2[C@]12C(=O)Nc1ccccc12. The van der Waals surface area contributed by atoms with Gasteiger partial charge in [-0.1, -0.05) is 60.7 Å². The standard InChI is InChI=1S/C31H21N3O5S/c35-27(19-8-5-9-20(17-19)34(38)39)25-26(28(36)24-13-6-16-40-24)33-15-14-18-7-1-2-10-21(18)29(33)31(25)22-11-3-4-12-23(22)32-30(31)37/h1-17,25-26,29H,(H,32,37)/t25-,26+,29-,31+/m0/s1. The molecule has 1 spiro atoms. The van der Waals surface area contributed by atoms with Crippen molar-refractivity contribution in [2.75, 3.05) is 5.32 Å². The highest BCUT2D eigenvalue weighted by atomic mass is 32.1. The summed E-state index contributed by atoms with van der Waals surface area (Å²) in [6.07, 6.45) is 3.70. The average Bonchev–Trinajstić information content (AvgIpc) is 3.69. The summed E-state index contributed by atoms with van der Waals surface area (Å²) in [5.74, 6) is -2.32. The Morgan fingerprint density at radius 2 is 1.75 bits per heavy atom. The summed E-state index contributed by atoms with van der Waals surface area (Å²) < 4.78 is 0. The van der Waals surface area contributed by atoms with Gasteiger partial charge in [0.2, 0.25) is 5.91 Å². The van der Waals surface area contributed by atoms with Crippen molar-refractivity contribution in [3.8, 4) is 0 Å². The zero-order valence-electron chi connectivity index (χ0n) is 20.9. The zero-order valence-corrected chi connectivity index (χ0v) is 21.7. The molecule has 0 aliphatic carbocycles. The van der Waals surface area contributed by atoms with Crippen molar-refractivity contribution in [1.82, 2.24) is 4.90 Å². The van der Waals surface area contributed by atoms with E-state index in [4.69, 9.17) is 0 Å². The number of thiophene rings is 1. The lowest BCUT2D eigenvalue weighted by atomic mass is 9.62. The van der Waals surface area contributed by atoms with E-state index in [0.717, 1.165) is 11.1 Å². The van der Waals surface area contributed by atoms with Gasteiger partial charge in [0.05, 0.1) is 21.8 Å². The number of nitro benzene ring substituents is 1. The Balaban J connectivity index is 1.54. The molecule has 1 aromatic heterocycles. The first kappa shape index (κ1) is 24.2. The zero-order chi connectivity index (χ0) is 27.6. The van der Waals surface area contributed by atoms with Gasteiger partial charge in [-0.3, -0.25) is 24.5 Å². The molecule has 1 saturated heterocycles. The normalized spacial score (nSPS) is 23.9. The van der Waals surface area contributed by atoms with Crippen molar-refractivity contribution in [3.63, 3.8) is 0 Å². The lowest BCUT2D eigenvalue weighted by Gasteiger charge is -2.38. The van der Waals surface area contributed by atoms with Crippen molar-refractivity contribution < 1.29 is 19.3 Å². The molecule has 3 aliphatic rings. The minimum atomic E-state index is -1.48. The summed E-state index contributed by atoms with van der Waals surface area (Å²) >= 11 is 1.27. The number of anilines is 1. The first-order chi connectivity index (χ1) is 19.4. The maximum absolute atomic E-state index is 14.7. The number of carbonyl (C=O) groups is 3. The van der Waals surface area contributed by atoms with E-state index in [-0.39, 0.29) is 22.9 Å². The highest BCUT2D eigenvalue weighted by molar-refractivity contribution is 7.12. The van der Waals surface area contributed by atoms with Crippen LogP contribution in [-0.2, 0) is 10.2 Å². The van der Waals surface area contributed by atoms with Gasteiger partial charge < -0.3 is 10.2 Å². The van der Waals surface area contributed by atoms with Crippen LogP contribution in [0.4, 0.5) is 11.4 Å². The second kappa shape index (κ2) is 8.82. The summed E-state index contributed by atoms with van der Waals surface area (Å²) in [6, 6.07) is 22.2. The van der Waals surface area contributed by atoms with E-state index < -0.39 is 34.1 Å². The summed E-state index contributed by atoms with van der Waals surface area (Å²) in [7, 11) is 0. The van der Waals surface area contributed by atoms with Gasteiger partial charge in [-0.2, -0.15) is 0 Å². The topological polar surface area (TPSA) is 110 Å². The van der Waals surface area contributed by atoms with Crippen molar-refractivity contribution in [3.05, 3.63) is 134 Å². The molecule has 40 heavy (non-hydrogen) atoms. The molecule has 1 amide bonds. The van der Waals surface area contributed by atoms with Gasteiger partial charge in [0.1, 0.15) is 11.5 Å². The van der Waals surface area contributed by atoms with Crippen molar-refractivity contribution >= 4 is 46.3 Å². The number of Topliss-reactive ketones (excluding diaryl/α,β-unsaturated/α-hetero) is 2. The molecule has 8 nitrogen and oxygen atoms in total. The number of benzene rings is 3. The van der Waals surface area contributed by atoms with Crippen LogP contribution in [0.2, 0.25) is 0 Å². The monoisotopic (exact) mass is 547 g/mol. The van der Waals surface area contributed by atoms with Crippen LogP contribution >= 0.6 is 11.3 Å². The minimum Gasteiger partial charge on any atom is -0.358 e. The summed E-state index contributed by atoms with van der Waals surface area (Å²) in [5, 5.41) is 16.4. The van der Waals surface area contributed by atoms with E-state index in [0.29, 0.717) is 16.1 Å². The number of nitrogens with one attached hydrogen (secondary N) is 1. The molecule has 1 fully saturated rings. The van der Waals surface area contributed by atoms with E-state index >= 15 is 0 Å². The molecule has 9 heteroatoms. The Bertz CT molecular complexity index is 1760. The lowest BCUT2D eigenvalue weighted by Crippen LogP contribution is -2.49. The fraction of sp³-hybridized carbons (Fsp3) is 0.129. The third-order valence-corrected chi connectivity index (χ3v) is 9.11. The van der Waals surface area contributed by atoms with Gasteiger partial charge in [-0.25, -0.2) is 0 Å². The fourth-order valence-electron chi connectivity index (χ4n) is 6.68. The first-order valence-electron chi connectivity index (χ1n) is 12.7. The van der Waals surface area contributed by atoms with Crippen LogP contribution in [0.25, 0.3) is 6.08 Å². The molecule has 3 aliphatic heterocycles. The minimum absolute atomic E-state index is 0.0804. The van der Waals surface area contributed by atoms with Gasteiger partial charge in [-0.15, -0.1) is 11.3 Å². The van der Waals surface area contributed by atoms with Gasteiger partial charge in [0, 0.05) is 29.6 Å². The summed E-state index contributed by atoms with van der Waals surface area (Å²) in [6.45, 7) is 0.